The first-order valence-electron chi connectivity index (χ1n) is 13.6. The van der Waals surface area contributed by atoms with Crippen molar-refractivity contribution >= 4 is 84.8 Å². The van der Waals surface area contributed by atoms with E-state index in [1.165, 1.54) is 51.1 Å². The van der Waals surface area contributed by atoms with Gasteiger partial charge in [-0.05, 0) is 54.1 Å². The van der Waals surface area contributed by atoms with Crippen LogP contribution in [-0.2, 0) is 0 Å². The van der Waals surface area contributed by atoms with E-state index in [9.17, 15) is 5.26 Å². The van der Waals surface area contributed by atoms with Gasteiger partial charge in [0.1, 0.15) is 0 Å². The molecule has 190 valence electrons. The zero-order chi connectivity index (χ0) is 27.1. The van der Waals surface area contributed by atoms with E-state index in [1.54, 1.807) is 0 Å². The van der Waals surface area contributed by atoms with Crippen LogP contribution in [0.15, 0.2) is 121 Å². The molecule has 0 unspecified atom stereocenters. The summed E-state index contributed by atoms with van der Waals surface area (Å²) in [4.78, 5) is 0. The molecule has 0 bridgehead atoms. The highest BCUT2D eigenvalue weighted by molar-refractivity contribution is 7.33. The van der Waals surface area contributed by atoms with E-state index in [0.29, 0.717) is 5.56 Å². The Hall–Kier alpha value is -4.95. The molecule has 0 spiro atoms. The Morgan fingerprint density at radius 3 is 1.83 bits per heavy atom. The van der Waals surface area contributed by atoms with E-state index in [-0.39, 0.29) is 0 Å². The summed E-state index contributed by atoms with van der Waals surface area (Å²) in [6.07, 6.45) is 0. The lowest BCUT2D eigenvalue weighted by Gasteiger charge is -2.15. The van der Waals surface area contributed by atoms with Gasteiger partial charge >= 0.3 is 0 Å². The SMILES string of the molecule is N#Cc1ccc(-n2c3ccccc3c3ccccc32)c(-c2ccc3sc4c(ccc5c6ccccc6sc54)c3c2)c1. The van der Waals surface area contributed by atoms with Crippen LogP contribution in [0.3, 0.4) is 0 Å². The van der Waals surface area contributed by atoms with E-state index < -0.39 is 0 Å². The summed E-state index contributed by atoms with van der Waals surface area (Å²) in [5, 5.41) is 17.5. The molecule has 6 aromatic carbocycles. The van der Waals surface area contributed by atoms with E-state index in [2.05, 4.69) is 120 Å². The summed E-state index contributed by atoms with van der Waals surface area (Å²) in [6.45, 7) is 0. The Labute approximate surface area is 243 Å². The molecule has 2 nitrogen and oxygen atoms in total. The fourth-order valence-corrected chi connectivity index (χ4v) is 8.92. The predicted octanol–water partition coefficient (Wildman–Crippen LogP) is 11.1. The highest BCUT2D eigenvalue weighted by atomic mass is 32.1. The molecule has 0 aliphatic carbocycles. The Kier molecular flexibility index (Phi) is 4.74. The highest BCUT2D eigenvalue weighted by Crippen LogP contribution is 2.45. The average Bonchev–Trinajstić information content (AvgIpc) is 3.70. The van der Waals surface area contributed by atoms with Crippen molar-refractivity contribution in [2.75, 3.05) is 0 Å². The lowest BCUT2D eigenvalue weighted by molar-refractivity contribution is 1.18. The average molecular weight is 557 g/mol. The van der Waals surface area contributed by atoms with Crippen molar-refractivity contribution in [3.05, 3.63) is 127 Å². The minimum absolute atomic E-state index is 0.659. The molecule has 0 radical (unpaired) electrons. The van der Waals surface area contributed by atoms with Crippen LogP contribution in [0.25, 0.3) is 79.0 Å². The van der Waals surface area contributed by atoms with Gasteiger partial charge in [-0.15, -0.1) is 22.7 Å². The second-order valence-corrected chi connectivity index (χ2v) is 12.5. The number of hydrogen-bond acceptors (Lipinski definition) is 3. The van der Waals surface area contributed by atoms with Crippen molar-refractivity contribution in [2.24, 2.45) is 0 Å². The highest BCUT2D eigenvalue weighted by Gasteiger charge is 2.18. The second-order valence-electron chi connectivity index (χ2n) is 10.4. The lowest BCUT2D eigenvalue weighted by Crippen LogP contribution is -1.98. The van der Waals surface area contributed by atoms with E-state index >= 15 is 0 Å². The summed E-state index contributed by atoms with van der Waals surface area (Å²) in [5.41, 5.74) is 6.23. The van der Waals surface area contributed by atoms with E-state index in [4.69, 9.17) is 0 Å². The van der Waals surface area contributed by atoms with Crippen LogP contribution in [0.2, 0.25) is 0 Å². The number of para-hydroxylation sites is 2. The molecule has 3 aromatic heterocycles. The number of nitriles is 1. The minimum Gasteiger partial charge on any atom is -0.309 e. The summed E-state index contributed by atoms with van der Waals surface area (Å²) in [5.74, 6) is 0. The van der Waals surface area contributed by atoms with Gasteiger partial charge in [-0.25, -0.2) is 0 Å². The molecule has 3 heterocycles. The third-order valence-electron chi connectivity index (χ3n) is 8.24. The van der Waals surface area contributed by atoms with Crippen molar-refractivity contribution in [2.45, 2.75) is 0 Å². The van der Waals surface area contributed by atoms with E-state index in [0.717, 1.165) is 27.8 Å². The molecule has 0 saturated carbocycles. The maximum absolute atomic E-state index is 9.86. The van der Waals surface area contributed by atoms with E-state index in [1.807, 2.05) is 34.8 Å². The van der Waals surface area contributed by atoms with Crippen LogP contribution in [0.1, 0.15) is 5.56 Å². The first-order chi connectivity index (χ1) is 20.3. The van der Waals surface area contributed by atoms with Gasteiger partial charge in [0.05, 0.1) is 37.8 Å². The van der Waals surface area contributed by atoms with Crippen molar-refractivity contribution in [3.63, 3.8) is 0 Å². The number of nitrogens with zero attached hydrogens (tertiary/aromatic N) is 2. The van der Waals surface area contributed by atoms with Gasteiger partial charge in [0, 0.05) is 47.3 Å². The molecule has 0 atom stereocenters. The molecule has 0 aliphatic heterocycles. The molecule has 0 N–H and O–H groups in total. The number of fused-ring (bicyclic) bond motifs is 10. The van der Waals surface area contributed by atoms with Crippen LogP contribution >= 0.6 is 22.7 Å². The van der Waals surface area contributed by atoms with Crippen molar-refractivity contribution in [1.29, 1.82) is 5.26 Å². The third kappa shape index (κ3) is 3.22. The lowest BCUT2D eigenvalue weighted by atomic mass is 9.98. The first kappa shape index (κ1) is 22.8. The van der Waals surface area contributed by atoms with Gasteiger partial charge in [0.2, 0.25) is 0 Å². The number of hydrogen-bond donors (Lipinski definition) is 0. The Morgan fingerprint density at radius 1 is 0.512 bits per heavy atom. The van der Waals surface area contributed by atoms with Gasteiger partial charge in [-0.3, -0.25) is 0 Å². The van der Waals surface area contributed by atoms with Crippen molar-refractivity contribution in [1.82, 2.24) is 4.57 Å². The molecule has 0 aliphatic rings. The van der Waals surface area contributed by atoms with Crippen molar-refractivity contribution < 1.29 is 0 Å². The van der Waals surface area contributed by atoms with Gasteiger partial charge in [0.15, 0.2) is 0 Å². The summed E-state index contributed by atoms with van der Waals surface area (Å²) in [6, 6.07) is 45.6. The molecule has 0 amide bonds. The maximum atomic E-state index is 9.86. The topological polar surface area (TPSA) is 28.7 Å². The largest absolute Gasteiger partial charge is 0.309 e. The second kappa shape index (κ2) is 8.52. The van der Waals surface area contributed by atoms with Gasteiger partial charge < -0.3 is 4.57 Å². The normalized spacial score (nSPS) is 11.9. The molecule has 9 aromatic rings. The minimum atomic E-state index is 0.659. The molecular weight excluding hydrogens is 537 g/mol. The monoisotopic (exact) mass is 556 g/mol. The summed E-state index contributed by atoms with van der Waals surface area (Å²) in [7, 11) is 0. The summed E-state index contributed by atoms with van der Waals surface area (Å²) < 4.78 is 7.67. The number of aromatic nitrogens is 1. The van der Waals surface area contributed by atoms with Crippen molar-refractivity contribution in [3.8, 4) is 22.9 Å². The molecule has 4 heteroatoms. The number of rotatable bonds is 2. The smallest absolute Gasteiger partial charge is 0.0991 e. The predicted molar refractivity (Wildman–Crippen MR) is 177 cm³/mol. The van der Waals surface area contributed by atoms with Crippen LogP contribution < -0.4 is 0 Å². The molecule has 41 heavy (non-hydrogen) atoms. The number of benzene rings is 6. The molecule has 0 fully saturated rings. The van der Waals surface area contributed by atoms with Gasteiger partial charge in [-0.1, -0.05) is 72.8 Å². The third-order valence-corrected chi connectivity index (χ3v) is 10.8. The summed E-state index contributed by atoms with van der Waals surface area (Å²) >= 11 is 3.76. The zero-order valence-electron chi connectivity index (χ0n) is 21.8. The van der Waals surface area contributed by atoms with Gasteiger partial charge in [-0.2, -0.15) is 5.26 Å². The Balaban J connectivity index is 1.33. The van der Waals surface area contributed by atoms with Gasteiger partial charge in [0.25, 0.3) is 0 Å². The zero-order valence-corrected chi connectivity index (χ0v) is 23.4. The molecular formula is C37H20N2S2. The molecule has 0 saturated heterocycles. The fourth-order valence-electron chi connectivity index (χ4n) is 6.40. The first-order valence-corrected chi connectivity index (χ1v) is 15.2. The Morgan fingerprint density at radius 2 is 1.12 bits per heavy atom. The molecule has 9 rings (SSSR count). The van der Waals surface area contributed by atoms with Crippen LogP contribution in [0.5, 0.6) is 0 Å². The maximum Gasteiger partial charge on any atom is 0.0991 e. The standard InChI is InChI=1S/C37H20N2S2/c38-21-22-13-17-33(39-31-10-4-1-7-24(31)25-8-2-5-11-32(25)39)29(19-22)23-14-18-35-30(20-23)28-16-15-27-26-9-3-6-12-34(26)40-36(27)37(28)41-35/h1-20H. The fraction of sp³-hybridized carbons (Fsp3) is 0. The van der Waals surface area contributed by atoms with Crippen LogP contribution in [-0.4, -0.2) is 4.57 Å². The number of thiophene rings is 2. The Bertz CT molecular complexity index is 2500. The van der Waals surface area contributed by atoms with Crippen LogP contribution in [0, 0.1) is 11.3 Å². The quantitative estimate of drug-likeness (QED) is 0.208. The van der Waals surface area contributed by atoms with Crippen LogP contribution in [0.4, 0.5) is 0 Å².